The second kappa shape index (κ2) is 5.83. The van der Waals surface area contributed by atoms with Gasteiger partial charge in [-0.15, -0.1) is 0 Å². The number of anilines is 2. The standard InChI is InChI=1S/C14H20N2O3S/c1-3-9-20(18,19)16-8-4-5-12-6-7-13(10-14(12)16)15-11(2)17/h6-7,10H,3-5,8-9H2,1-2H3,(H,15,17). The fourth-order valence-electron chi connectivity index (χ4n) is 2.48. The van der Waals surface area contributed by atoms with Gasteiger partial charge in [-0.05, 0) is 37.0 Å². The van der Waals surface area contributed by atoms with Crippen molar-refractivity contribution in [3.8, 4) is 0 Å². The molecule has 1 heterocycles. The molecule has 0 atom stereocenters. The number of carbonyl (C=O) groups excluding carboxylic acids is 1. The minimum atomic E-state index is -3.27. The molecule has 1 aliphatic rings. The number of hydrogen-bond donors (Lipinski definition) is 1. The Kier molecular flexibility index (Phi) is 4.32. The van der Waals surface area contributed by atoms with Crippen LogP contribution in [-0.2, 0) is 21.2 Å². The molecule has 0 spiro atoms. The van der Waals surface area contributed by atoms with Crippen molar-refractivity contribution in [3.05, 3.63) is 23.8 Å². The largest absolute Gasteiger partial charge is 0.326 e. The molecular formula is C14H20N2O3S. The lowest BCUT2D eigenvalue weighted by molar-refractivity contribution is -0.114. The van der Waals surface area contributed by atoms with E-state index in [2.05, 4.69) is 5.32 Å². The van der Waals surface area contributed by atoms with Gasteiger partial charge in [0.05, 0.1) is 11.4 Å². The quantitative estimate of drug-likeness (QED) is 0.925. The van der Waals surface area contributed by atoms with Gasteiger partial charge in [0.25, 0.3) is 0 Å². The summed E-state index contributed by atoms with van der Waals surface area (Å²) in [7, 11) is -3.27. The molecule has 0 unspecified atom stereocenters. The highest BCUT2D eigenvalue weighted by atomic mass is 32.2. The predicted molar refractivity (Wildman–Crippen MR) is 80.5 cm³/mol. The summed E-state index contributed by atoms with van der Waals surface area (Å²) in [5.74, 6) is -0.0136. The summed E-state index contributed by atoms with van der Waals surface area (Å²) < 4.78 is 26.1. The van der Waals surface area contributed by atoms with Crippen molar-refractivity contribution >= 4 is 27.3 Å². The molecule has 0 saturated carbocycles. The maximum atomic E-state index is 12.3. The van der Waals surface area contributed by atoms with E-state index in [1.807, 2.05) is 19.1 Å². The summed E-state index contributed by atoms with van der Waals surface area (Å²) >= 11 is 0. The van der Waals surface area contributed by atoms with E-state index in [4.69, 9.17) is 0 Å². The van der Waals surface area contributed by atoms with Crippen LogP contribution in [0.4, 0.5) is 11.4 Å². The molecule has 0 aliphatic carbocycles. The maximum absolute atomic E-state index is 12.3. The number of amides is 1. The highest BCUT2D eigenvalue weighted by molar-refractivity contribution is 7.92. The Morgan fingerprint density at radius 2 is 2.15 bits per heavy atom. The van der Waals surface area contributed by atoms with Crippen molar-refractivity contribution < 1.29 is 13.2 Å². The highest BCUT2D eigenvalue weighted by Crippen LogP contribution is 2.32. The van der Waals surface area contributed by atoms with Crippen LogP contribution >= 0.6 is 0 Å². The second-order valence-electron chi connectivity index (χ2n) is 5.02. The number of nitrogens with zero attached hydrogens (tertiary/aromatic N) is 1. The monoisotopic (exact) mass is 296 g/mol. The number of aryl methyl sites for hydroxylation is 1. The van der Waals surface area contributed by atoms with E-state index in [-0.39, 0.29) is 11.7 Å². The Hall–Kier alpha value is -1.56. The van der Waals surface area contributed by atoms with Crippen LogP contribution in [0.25, 0.3) is 0 Å². The molecule has 1 aromatic carbocycles. The fraction of sp³-hybridized carbons (Fsp3) is 0.500. The number of carbonyl (C=O) groups is 1. The third-order valence-corrected chi connectivity index (χ3v) is 5.25. The molecule has 110 valence electrons. The van der Waals surface area contributed by atoms with E-state index >= 15 is 0 Å². The van der Waals surface area contributed by atoms with Crippen LogP contribution in [0, 0.1) is 0 Å². The van der Waals surface area contributed by atoms with E-state index in [0.29, 0.717) is 24.3 Å². The summed E-state index contributed by atoms with van der Waals surface area (Å²) in [6.07, 6.45) is 2.29. The van der Waals surface area contributed by atoms with Crippen LogP contribution in [0.2, 0.25) is 0 Å². The van der Waals surface area contributed by atoms with E-state index in [1.165, 1.54) is 11.2 Å². The summed E-state index contributed by atoms with van der Waals surface area (Å²) in [6, 6.07) is 5.47. The van der Waals surface area contributed by atoms with Crippen LogP contribution in [0.1, 0.15) is 32.3 Å². The predicted octanol–water partition coefficient (Wildman–Crippen LogP) is 2.14. The number of benzene rings is 1. The van der Waals surface area contributed by atoms with Gasteiger partial charge in [-0.25, -0.2) is 8.42 Å². The highest BCUT2D eigenvalue weighted by Gasteiger charge is 2.26. The van der Waals surface area contributed by atoms with Gasteiger partial charge in [-0.1, -0.05) is 13.0 Å². The summed E-state index contributed by atoms with van der Waals surface area (Å²) in [6.45, 7) is 3.81. The Morgan fingerprint density at radius 1 is 1.40 bits per heavy atom. The summed E-state index contributed by atoms with van der Waals surface area (Å²) in [5.41, 5.74) is 2.36. The Morgan fingerprint density at radius 3 is 2.80 bits per heavy atom. The minimum Gasteiger partial charge on any atom is -0.326 e. The second-order valence-corrected chi connectivity index (χ2v) is 7.03. The third-order valence-electron chi connectivity index (χ3n) is 3.28. The van der Waals surface area contributed by atoms with Crippen molar-refractivity contribution in [1.82, 2.24) is 0 Å². The molecule has 2 rings (SSSR count). The molecule has 6 heteroatoms. The molecule has 1 aromatic rings. The zero-order valence-corrected chi connectivity index (χ0v) is 12.7. The van der Waals surface area contributed by atoms with Gasteiger partial charge in [0.1, 0.15) is 0 Å². The lowest BCUT2D eigenvalue weighted by atomic mass is 10.0. The smallest absolute Gasteiger partial charge is 0.235 e. The summed E-state index contributed by atoms with van der Waals surface area (Å²) in [5, 5.41) is 2.70. The average molecular weight is 296 g/mol. The Labute approximate surface area is 120 Å². The maximum Gasteiger partial charge on any atom is 0.235 e. The first kappa shape index (κ1) is 14.8. The van der Waals surface area contributed by atoms with Crippen LogP contribution in [0.3, 0.4) is 0 Å². The molecule has 5 nitrogen and oxygen atoms in total. The zero-order chi connectivity index (χ0) is 14.8. The lowest BCUT2D eigenvalue weighted by Gasteiger charge is -2.30. The lowest BCUT2D eigenvalue weighted by Crippen LogP contribution is -2.37. The first-order chi connectivity index (χ1) is 9.44. The third kappa shape index (κ3) is 3.12. The van der Waals surface area contributed by atoms with Gasteiger partial charge in [0.2, 0.25) is 15.9 Å². The van der Waals surface area contributed by atoms with Crippen LogP contribution in [0.5, 0.6) is 0 Å². The molecule has 1 amide bonds. The molecular weight excluding hydrogens is 276 g/mol. The Balaban J connectivity index is 2.40. The average Bonchev–Trinajstić information content (AvgIpc) is 2.37. The van der Waals surface area contributed by atoms with Gasteiger partial charge < -0.3 is 5.32 Å². The van der Waals surface area contributed by atoms with Gasteiger partial charge in [-0.2, -0.15) is 0 Å². The molecule has 0 fully saturated rings. The fourth-order valence-corrected chi connectivity index (χ4v) is 4.09. The van der Waals surface area contributed by atoms with Crippen LogP contribution < -0.4 is 9.62 Å². The van der Waals surface area contributed by atoms with Crippen LogP contribution in [-0.4, -0.2) is 26.6 Å². The van der Waals surface area contributed by atoms with Crippen LogP contribution in [0.15, 0.2) is 18.2 Å². The number of sulfonamides is 1. The molecule has 1 aliphatic heterocycles. The SMILES string of the molecule is CCCS(=O)(=O)N1CCCc2ccc(NC(C)=O)cc21. The number of fused-ring (bicyclic) bond motifs is 1. The van der Waals surface area contributed by atoms with Crippen molar-refractivity contribution in [2.24, 2.45) is 0 Å². The van der Waals surface area contributed by atoms with Gasteiger partial charge >= 0.3 is 0 Å². The number of nitrogens with one attached hydrogen (secondary N) is 1. The van der Waals surface area contributed by atoms with Crippen molar-refractivity contribution in [2.75, 3.05) is 21.9 Å². The molecule has 0 radical (unpaired) electrons. The van der Waals surface area contributed by atoms with Crippen molar-refractivity contribution in [1.29, 1.82) is 0 Å². The van der Waals surface area contributed by atoms with E-state index in [0.717, 1.165) is 18.4 Å². The van der Waals surface area contributed by atoms with Gasteiger partial charge in [-0.3, -0.25) is 9.10 Å². The van der Waals surface area contributed by atoms with E-state index in [9.17, 15) is 13.2 Å². The number of rotatable bonds is 4. The first-order valence-corrected chi connectivity index (χ1v) is 8.46. The molecule has 0 bridgehead atoms. The molecule has 1 N–H and O–H groups in total. The topological polar surface area (TPSA) is 66.5 Å². The van der Waals surface area contributed by atoms with Gasteiger partial charge in [0.15, 0.2) is 0 Å². The van der Waals surface area contributed by atoms with Gasteiger partial charge in [0, 0.05) is 19.2 Å². The van der Waals surface area contributed by atoms with E-state index in [1.54, 1.807) is 6.07 Å². The normalized spacial score (nSPS) is 14.8. The zero-order valence-electron chi connectivity index (χ0n) is 11.8. The number of hydrogen-bond acceptors (Lipinski definition) is 3. The van der Waals surface area contributed by atoms with E-state index < -0.39 is 10.0 Å². The Bertz CT molecular complexity index is 611. The molecule has 0 aromatic heterocycles. The van der Waals surface area contributed by atoms with Crippen molar-refractivity contribution in [3.63, 3.8) is 0 Å². The molecule has 20 heavy (non-hydrogen) atoms. The summed E-state index contributed by atoms with van der Waals surface area (Å²) in [4.78, 5) is 11.1. The first-order valence-electron chi connectivity index (χ1n) is 6.85. The molecule has 0 saturated heterocycles. The minimum absolute atomic E-state index is 0.150. The van der Waals surface area contributed by atoms with Crippen molar-refractivity contribution in [2.45, 2.75) is 33.1 Å².